The summed E-state index contributed by atoms with van der Waals surface area (Å²) in [5.41, 5.74) is -0.569. The van der Waals surface area contributed by atoms with Crippen molar-refractivity contribution in [3.05, 3.63) is 0 Å². The van der Waals surface area contributed by atoms with E-state index in [0.717, 1.165) is 19.3 Å². The molecule has 0 spiro atoms. The first-order valence-corrected chi connectivity index (χ1v) is 3.16. The zero-order valence-electron chi connectivity index (χ0n) is 5.26. The first-order chi connectivity index (χ1) is 4.27. The van der Waals surface area contributed by atoms with E-state index in [4.69, 9.17) is 0 Å². The van der Waals surface area contributed by atoms with Crippen molar-refractivity contribution in [2.24, 2.45) is 0 Å². The van der Waals surface area contributed by atoms with Gasteiger partial charge in [-0.3, -0.25) is 4.79 Å². The SMILES string of the molecule is O=CNCC1(O)CCC1. The minimum Gasteiger partial charge on any atom is -0.388 e. The molecule has 0 heterocycles. The molecule has 3 heteroatoms. The average molecular weight is 129 g/mol. The Labute approximate surface area is 54.1 Å². The number of hydrogen-bond donors (Lipinski definition) is 2. The van der Waals surface area contributed by atoms with Gasteiger partial charge in [-0.1, -0.05) is 0 Å². The van der Waals surface area contributed by atoms with Crippen LogP contribution in [0.3, 0.4) is 0 Å². The summed E-state index contributed by atoms with van der Waals surface area (Å²) < 4.78 is 0. The molecule has 0 unspecified atom stereocenters. The van der Waals surface area contributed by atoms with Gasteiger partial charge >= 0.3 is 0 Å². The van der Waals surface area contributed by atoms with Crippen molar-refractivity contribution in [2.45, 2.75) is 24.9 Å². The van der Waals surface area contributed by atoms with Gasteiger partial charge in [-0.2, -0.15) is 0 Å². The molecule has 0 saturated heterocycles. The number of rotatable bonds is 3. The Morgan fingerprint density at radius 3 is 2.67 bits per heavy atom. The summed E-state index contributed by atoms with van der Waals surface area (Å²) in [6.45, 7) is 0.413. The predicted molar refractivity (Wildman–Crippen MR) is 32.9 cm³/mol. The summed E-state index contributed by atoms with van der Waals surface area (Å²) in [7, 11) is 0. The van der Waals surface area contributed by atoms with Crippen LogP contribution in [0.25, 0.3) is 0 Å². The third-order valence-corrected chi connectivity index (χ3v) is 1.80. The van der Waals surface area contributed by atoms with Gasteiger partial charge in [-0.05, 0) is 19.3 Å². The first kappa shape index (κ1) is 6.55. The maximum Gasteiger partial charge on any atom is 0.207 e. The third kappa shape index (κ3) is 1.42. The van der Waals surface area contributed by atoms with Crippen LogP contribution in [0.15, 0.2) is 0 Å². The smallest absolute Gasteiger partial charge is 0.207 e. The lowest BCUT2D eigenvalue weighted by Gasteiger charge is -2.35. The molecular weight excluding hydrogens is 118 g/mol. The van der Waals surface area contributed by atoms with Gasteiger partial charge in [0.15, 0.2) is 0 Å². The molecule has 1 amide bonds. The lowest BCUT2D eigenvalue weighted by molar-refractivity contribution is -0.111. The van der Waals surface area contributed by atoms with Crippen molar-refractivity contribution < 1.29 is 9.90 Å². The molecule has 0 aliphatic heterocycles. The van der Waals surface area contributed by atoms with E-state index < -0.39 is 5.60 Å². The summed E-state index contributed by atoms with van der Waals surface area (Å²) in [6, 6.07) is 0. The molecule has 1 rings (SSSR count). The Morgan fingerprint density at radius 1 is 1.67 bits per heavy atom. The van der Waals surface area contributed by atoms with Crippen LogP contribution in [0.2, 0.25) is 0 Å². The van der Waals surface area contributed by atoms with Crippen molar-refractivity contribution in [3.8, 4) is 0 Å². The molecule has 2 N–H and O–H groups in total. The maximum atomic E-state index is 9.77. The van der Waals surface area contributed by atoms with Crippen molar-refractivity contribution in [3.63, 3.8) is 0 Å². The zero-order chi connectivity index (χ0) is 6.74. The van der Waals surface area contributed by atoms with E-state index in [1.54, 1.807) is 0 Å². The fraction of sp³-hybridized carbons (Fsp3) is 0.833. The predicted octanol–water partition coefficient (Wildman–Crippen LogP) is -0.353. The van der Waals surface area contributed by atoms with Crippen LogP contribution in [-0.2, 0) is 4.79 Å². The van der Waals surface area contributed by atoms with Crippen LogP contribution in [0.1, 0.15) is 19.3 Å². The van der Waals surface area contributed by atoms with Gasteiger partial charge < -0.3 is 10.4 Å². The number of aliphatic hydroxyl groups is 1. The highest BCUT2D eigenvalue weighted by molar-refractivity contribution is 5.46. The summed E-state index contributed by atoms with van der Waals surface area (Å²) in [6.07, 6.45) is 3.36. The molecular formula is C6H11NO2. The van der Waals surface area contributed by atoms with E-state index in [1.165, 1.54) is 0 Å². The Balaban J connectivity index is 2.16. The van der Waals surface area contributed by atoms with Gasteiger partial charge in [0.25, 0.3) is 0 Å². The number of carbonyl (C=O) groups excluding carboxylic acids is 1. The van der Waals surface area contributed by atoms with E-state index in [9.17, 15) is 9.90 Å². The maximum absolute atomic E-state index is 9.77. The highest BCUT2D eigenvalue weighted by Crippen LogP contribution is 2.30. The second-order valence-electron chi connectivity index (χ2n) is 2.58. The van der Waals surface area contributed by atoms with Crippen LogP contribution >= 0.6 is 0 Å². The van der Waals surface area contributed by atoms with Gasteiger partial charge in [0.1, 0.15) is 0 Å². The lowest BCUT2D eigenvalue weighted by atomic mass is 9.80. The van der Waals surface area contributed by atoms with Crippen molar-refractivity contribution in [1.29, 1.82) is 0 Å². The fourth-order valence-corrected chi connectivity index (χ4v) is 0.993. The van der Waals surface area contributed by atoms with E-state index in [0.29, 0.717) is 13.0 Å². The Hall–Kier alpha value is -0.570. The van der Waals surface area contributed by atoms with E-state index >= 15 is 0 Å². The molecule has 9 heavy (non-hydrogen) atoms. The standard InChI is InChI=1S/C6H11NO2/c8-5-7-4-6(9)2-1-3-6/h5,9H,1-4H2,(H,7,8). The molecule has 0 aromatic heterocycles. The molecule has 0 aromatic rings. The quantitative estimate of drug-likeness (QED) is 0.511. The summed E-state index contributed by atoms with van der Waals surface area (Å²) in [5.74, 6) is 0. The second-order valence-corrected chi connectivity index (χ2v) is 2.58. The van der Waals surface area contributed by atoms with Crippen LogP contribution in [0.4, 0.5) is 0 Å². The van der Waals surface area contributed by atoms with Gasteiger partial charge in [0.05, 0.1) is 5.60 Å². The average Bonchev–Trinajstić information content (AvgIpc) is 1.79. The Kier molecular flexibility index (Phi) is 1.71. The Bertz CT molecular complexity index is 110. The molecule has 1 saturated carbocycles. The molecule has 0 radical (unpaired) electrons. The fourth-order valence-electron chi connectivity index (χ4n) is 0.993. The van der Waals surface area contributed by atoms with E-state index in [-0.39, 0.29) is 0 Å². The number of hydrogen-bond acceptors (Lipinski definition) is 2. The summed E-state index contributed by atoms with van der Waals surface area (Å²) >= 11 is 0. The normalized spacial score (nSPS) is 22.3. The van der Waals surface area contributed by atoms with Crippen LogP contribution < -0.4 is 5.32 Å². The van der Waals surface area contributed by atoms with Gasteiger partial charge in [-0.25, -0.2) is 0 Å². The van der Waals surface area contributed by atoms with Crippen molar-refractivity contribution in [1.82, 2.24) is 5.32 Å². The topological polar surface area (TPSA) is 49.3 Å². The number of amides is 1. The van der Waals surface area contributed by atoms with Crippen LogP contribution in [0, 0.1) is 0 Å². The summed E-state index contributed by atoms with van der Waals surface area (Å²) in [5, 5.41) is 11.8. The molecule has 3 nitrogen and oxygen atoms in total. The number of nitrogens with one attached hydrogen (secondary N) is 1. The molecule has 52 valence electrons. The van der Waals surface area contributed by atoms with Gasteiger partial charge in [-0.15, -0.1) is 0 Å². The minimum atomic E-state index is -0.569. The molecule has 0 aromatic carbocycles. The first-order valence-electron chi connectivity index (χ1n) is 3.16. The highest BCUT2D eigenvalue weighted by Gasteiger charge is 2.33. The highest BCUT2D eigenvalue weighted by atomic mass is 16.3. The van der Waals surface area contributed by atoms with Crippen LogP contribution in [-0.4, -0.2) is 23.7 Å². The Morgan fingerprint density at radius 2 is 2.33 bits per heavy atom. The van der Waals surface area contributed by atoms with E-state index in [2.05, 4.69) is 5.32 Å². The van der Waals surface area contributed by atoms with Crippen molar-refractivity contribution in [2.75, 3.05) is 6.54 Å². The lowest BCUT2D eigenvalue weighted by Crippen LogP contribution is -2.45. The minimum absolute atomic E-state index is 0.413. The molecule has 1 aliphatic rings. The largest absolute Gasteiger partial charge is 0.388 e. The molecule has 0 bridgehead atoms. The number of carbonyl (C=O) groups is 1. The second kappa shape index (κ2) is 2.35. The van der Waals surface area contributed by atoms with Gasteiger partial charge in [0.2, 0.25) is 6.41 Å². The van der Waals surface area contributed by atoms with Crippen molar-refractivity contribution >= 4 is 6.41 Å². The zero-order valence-corrected chi connectivity index (χ0v) is 5.26. The molecule has 1 aliphatic carbocycles. The monoisotopic (exact) mass is 129 g/mol. The molecule has 1 fully saturated rings. The third-order valence-electron chi connectivity index (χ3n) is 1.80. The van der Waals surface area contributed by atoms with Gasteiger partial charge in [0, 0.05) is 6.54 Å². The summed E-state index contributed by atoms with van der Waals surface area (Å²) in [4.78, 5) is 9.77. The molecule has 0 atom stereocenters. The van der Waals surface area contributed by atoms with Crippen LogP contribution in [0.5, 0.6) is 0 Å². The van der Waals surface area contributed by atoms with E-state index in [1.807, 2.05) is 0 Å².